The fourth-order valence-electron chi connectivity index (χ4n) is 0.878. The van der Waals surface area contributed by atoms with Gasteiger partial charge in [-0.15, -0.1) is 11.3 Å². The van der Waals surface area contributed by atoms with Crippen molar-refractivity contribution in [1.82, 2.24) is 29.3 Å². The lowest BCUT2D eigenvalue weighted by Crippen LogP contribution is -1.66. The van der Waals surface area contributed by atoms with Crippen LogP contribution < -0.4 is 0 Å². The van der Waals surface area contributed by atoms with Crippen molar-refractivity contribution in [1.29, 1.82) is 0 Å². The first-order chi connectivity index (χ1) is 11.0. The van der Waals surface area contributed by atoms with E-state index in [0.29, 0.717) is 0 Å². The third-order valence-electron chi connectivity index (χ3n) is 1.67. The second-order valence-electron chi connectivity index (χ2n) is 3.18. The molecule has 0 unspecified atom stereocenters. The molecule has 4 aromatic rings. The molecule has 0 spiro atoms. The summed E-state index contributed by atoms with van der Waals surface area (Å²) in [5, 5.41) is 1.93. The second kappa shape index (κ2) is 14.8. The van der Waals surface area contributed by atoms with Crippen molar-refractivity contribution in [2.45, 2.75) is 0 Å². The van der Waals surface area contributed by atoms with Gasteiger partial charge in [0.15, 0.2) is 0 Å². The summed E-state index contributed by atoms with van der Waals surface area (Å²) in [6, 6.07) is 5.72. The van der Waals surface area contributed by atoms with Crippen molar-refractivity contribution < 1.29 is 0 Å². The minimum Gasteiger partial charge on any atom is -0.265 e. The van der Waals surface area contributed by atoms with E-state index < -0.39 is 0 Å². The normalized spacial score (nSPS) is 8.00. The van der Waals surface area contributed by atoms with Gasteiger partial charge in [-0.05, 0) is 23.7 Å². The van der Waals surface area contributed by atoms with Gasteiger partial charge in [-0.3, -0.25) is 19.9 Å². The monoisotopic (exact) mass is 330 g/mol. The van der Waals surface area contributed by atoms with Gasteiger partial charge in [0.2, 0.25) is 0 Å². The van der Waals surface area contributed by atoms with Crippen LogP contribution in [0.3, 0.4) is 0 Å². The molecule has 0 aliphatic carbocycles. The first-order valence-corrected chi connectivity index (χ1v) is 7.84. The predicted molar refractivity (Wildman–Crippen MR) is 88.3 cm³/mol. The van der Waals surface area contributed by atoms with Crippen LogP contribution in [0.2, 0.25) is 0 Å². The van der Waals surface area contributed by atoms with Crippen LogP contribution >= 0.6 is 22.9 Å². The van der Waals surface area contributed by atoms with E-state index in [0.717, 1.165) is 0 Å². The fourth-order valence-corrected chi connectivity index (χ4v) is 1.50. The molecule has 112 valence electrons. The second-order valence-corrected chi connectivity index (χ2v) is 4.56. The van der Waals surface area contributed by atoms with E-state index in [4.69, 9.17) is 0 Å². The van der Waals surface area contributed by atoms with Crippen molar-refractivity contribution in [3.63, 3.8) is 0 Å². The molecular formula is C14H14N6S2. The molecule has 4 heterocycles. The largest absolute Gasteiger partial charge is 0.265 e. The highest BCUT2D eigenvalue weighted by Crippen LogP contribution is 1.85. The minimum atomic E-state index is 1.35. The molecule has 0 aliphatic heterocycles. The molecule has 22 heavy (non-hydrogen) atoms. The lowest BCUT2D eigenvalue weighted by Gasteiger charge is -1.70. The molecule has 0 atom stereocenters. The number of nitrogens with zero attached hydrogens (tertiary/aromatic N) is 6. The van der Waals surface area contributed by atoms with Gasteiger partial charge in [-0.1, -0.05) is 6.07 Å². The van der Waals surface area contributed by atoms with Crippen LogP contribution in [0.15, 0.2) is 84.3 Å². The highest BCUT2D eigenvalue weighted by Gasteiger charge is 1.61. The van der Waals surface area contributed by atoms with Crippen molar-refractivity contribution >= 4 is 22.9 Å². The highest BCUT2D eigenvalue weighted by atomic mass is 32.1. The molecule has 4 rings (SSSR count). The van der Waals surface area contributed by atoms with Gasteiger partial charge >= 0.3 is 0 Å². The maximum absolute atomic E-state index is 3.78. The van der Waals surface area contributed by atoms with Gasteiger partial charge in [0, 0.05) is 48.8 Å². The Kier molecular flexibility index (Phi) is 11.8. The molecular weight excluding hydrogens is 316 g/mol. The molecule has 6 nitrogen and oxygen atoms in total. The summed E-state index contributed by atoms with van der Waals surface area (Å²) in [6.45, 7) is 0. The average Bonchev–Trinajstić information content (AvgIpc) is 3.37. The van der Waals surface area contributed by atoms with Crippen molar-refractivity contribution in [2.75, 3.05) is 0 Å². The first-order valence-electron chi connectivity index (χ1n) is 6.06. The van der Waals surface area contributed by atoms with Crippen LogP contribution in [0, 0.1) is 0 Å². The Bertz CT molecular complexity index is 457. The molecule has 0 saturated heterocycles. The van der Waals surface area contributed by atoms with Crippen LogP contribution in [0.5, 0.6) is 0 Å². The van der Waals surface area contributed by atoms with E-state index in [9.17, 15) is 0 Å². The summed E-state index contributed by atoms with van der Waals surface area (Å²) in [5.74, 6) is 0. The van der Waals surface area contributed by atoms with Crippen LogP contribution in [0.4, 0.5) is 0 Å². The molecule has 0 radical (unpaired) electrons. The molecule has 4 aromatic heterocycles. The van der Waals surface area contributed by atoms with Gasteiger partial charge in [-0.25, -0.2) is 4.98 Å². The predicted octanol–water partition coefficient (Wildman–Crippen LogP) is 3.24. The zero-order valence-corrected chi connectivity index (χ0v) is 13.2. The Morgan fingerprint density at radius 1 is 0.545 bits per heavy atom. The number of rotatable bonds is 0. The molecule has 0 aliphatic rings. The van der Waals surface area contributed by atoms with Gasteiger partial charge in [0.1, 0.15) is 11.8 Å². The summed E-state index contributed by atoms with van der Waals surface area (Å²) < 4.78 is 3.65. The number of thiazole rings is 1. The third kappa shape index (κ3) is 12.5. The van der Waals surface area contributed by atoms with E-state index in [1.807, 2.05) is 23.6 Å². The topological polar surface area (TPSA) is 77.3 Å². The molecule has 0 saturated carbocycles. The average molecular weight is 330 g/mol. The summed E-state index contributed by atoms with van der Waals surface area (Å²) in [7, 11) is 0. The van der Waals surface area contributed by atoms with Crippen molar-refractivity contribution in [3.8, 4) is 0 Å². The molecule has 0 aromatic carbocycles. The van der Waals surface area contributed by atoms with Crippen LogP contribution in [-0.2, 0) is 0 Å². The van der Waals surface area contributed by atoms with E-state index in [1.165, 1.54) is 17.9 Å². The molecule has 0 N–H and O–H groups in total. The van der Waals surface area contributed by atoms with E-state index >= 15 is 0 Å². The Morgan fingerprint density at radius 3 is 1.41 bits per heavy atom. The first kappa shape index (κ1) is 17.5. The molecule has 8 heteroatoms. The zero-order chi connectivity index (χ0) is 15.6. The lowest BCUT2D eigenvalue weighted by molar-refractivity contribution is 1.20. The van der Waals surface area contributed by atoms with Crippen molar-refractivity contribution in [2.24, 2.45) is 0 Å². The molecule has 0 amide bonds. The standard InChI is InChI=1S/C5H5N.C4H4N2.C3H3NS.C2H2N2S/c1-2-4-6-5-3-1;1-2-6-4-3-5-1;1-2-5-3-4-1;1-3-2-5-4-1/h1-5H;1-4H;1-3H;1-2H. The molecule has 0 bridgehead atoms. The van der Waals surface area contributed by atoms with Gasteiger partial charge in [0.05, 0.1) is 5.51 Å². The summed E-state index contributed by atoms with van der Waals surface area (Å²) in [5.41, 5.74) is 3.47. The Labute approximate surface area is 136 Å². The van der Waals surface area contributed by atoms with Crippen LogP contribution in [0.1, 0.15) is 0 Å². The number of aromatic nitrogens is 6. The fraction of sp³-hybridized carbons (Fsp3) is 0. The van der Waals surface area contributed by atoms with Gasteiger partial charge in [-0.2, -0.15) is 4.37 Å². The smallest absolute Gasteiger partial charge is 0.129 e. The quantitative estimate of drug-likeness (QED) is 0.492. The summed E-state index contributed by atoms with van der Waals surface area (Å²) >= 11 is 2.95. The summed E-state index contributed by atoms with van der Waals surface area (Å²) in [4.78, 5) is 18.6. The number of pyridine rings is 1. The Morgan fingerprint density at radius 2 is 1.23 bits per heavy atom. The third-order valence-corrected chi connectivity index (χ3v) is 2.63. The van der Waals surface area contributed by atoms with E-state index in [2.05, 4.69) is 29.3 Å². The summed E-state index contributed by atoms with van der Waals surface area (Å²) in [6.07, 6.45) is 13.3. The lowest BCUT2D eigenvalue weighted by atomic mass is 10.5. The van der Waals surface area contributed by atoms with Crippen molar-refractivity contribution in [3.05, 3.63) is 84.3 Å². The van der Waals surface area contributed by atoms with E-state index in [-0.39, 0.29) is 0 Å². The minimum absolute atomic E-state index is 1.35. The zero-order valence-electron chi connectivity index (χ0n) is 11.6. The van der Waals surface area contributed by atoms with Crippen LogP contribution in [0.25, 0.3) is 0 Å². The van der Waals surface area contributed by atoms with Gasteiger partial charge in [0.25, 0.3) is 0 Å². The van der Waals surface area contributed by atoms with Crippen LogP contribution in [-0.4, -0.2) is 29.3 Å². The molecule has 0 fully saturated rings. The van der Waals surface area contributed by atoms with E-state index in [1.54, 1.807) is 65.7 Å². The Hall–Kier alpha value is -2.58. The number of hydrogen-bond acceptors (Lipinski definition) is 8. The SMILES string of the molecule is c1ccncc1.c1cnccn1.c1cscn1.c1ncsn1. The Balaban J connectivity index is 0.000000147. The maximum atomic E-state index is 3.78. The number of hydrogen-bond donors (Lipinski definition) is 0. The highest BCUT2D eigenvalue weighted by molar-refractivity contribution is 7.07. The maximum Gasteiger partial charge on any atom is 0.129 e. The van der Waals surface area contributed by atoms with Gasteiger partial charge < -0.3 is 0 Å².